The van der Waals surface area contributed by atoms with Crippen LogP contribution in [0.2, 0.25) is 10.0 Å². The highest BCUT2D eigenvalue weighted by atomic mass is 35.5. The van der Waals surface area contributed by atoms with Gasteiger partial charge in [0.1, 0.15) is 0 Å². The SMILES string of the molecule is CC(=NNC(=O)CCC(=O)Nc1ccc(Cl)cc1Cl)C1CC1. The Morgan fingerprint density at radius 3 is 2.55 bits per heavy atom. The largest absolute Gasteiger partial charge is 0.325 e. The van der Waals surface area contributed by atoms with Crippen molar-refractivity contribution in [1.82, 2.24) is 5.43 Å². The van der Waals surface area contributed by atoms with Crippen LogP contribution >= 0.6 is 23.2 Å². The quantitative estimate of drug-likeness (QED) is 0.612. The van der Waals surface area contributed by atoms with Gasteiger partial charge in [-0.2, -0.15) is 5.10 Å². The van der Waals surface area contributed by atoms with Crippen molar-refractivity contribution >= 4 is 46.4 Å². The Balaban J connectivity index is 1.75. The fraction of sp³-hybridized carbons (Fsp3) is 0.400. The van der Waals surface area contributed by atoms with Crippen LogP contribution in [0.5, 0.6) is 0 Å². The number of nitrogens with one attached hydrogen (secondary N) is 2. The summed E-state index contributed by atoms with van der Waals surface area (Å²) in [4.78, 5) is 23.4. The summed E-state index contributed by atoms with van der Waals surface area (Å²) in [6.45, 7) is 1.90. The van der Waals surface area contributed by atoms with Crippen molar-refractivity contribution in [3.63, 3.8) is 0 Å². The van der Waals surface area contributed by atoms with Crippen LogP contribution in [0, 0.1) is 5.92 Å². The number of halogens is 2. The molecule has 1 aromatic carbocycles. The summed E-state index contributed by atoms with van der Waals surface area (Å²) < 4.78 is 0. The highest BCUT2D eigenvalue weighted by Gasteiger charge is 2.24. The molecule has 1 aliphatic carbocycles. The zero-order valence-corrected chi connectivity index (χ0v) is 13.7. The lowest BCUT2D eigenvalue weighted by molar-refractivity contribution is -0.124. The molecule has 7 heteroatoms. The van der Waals surface area contributed by atoms with Gasteiger partial charge in [-0.25, -0.2) is 5.43 Å². The molecule has 118 valence electrons. The fourth-order valence-electron chi connectivity index (χ4n) is 1.83. The second-order valence-electron chi connectivity index (χ2n) is 5.23. The Bertz CT molecular complexity index is 613. The molecule has 1 saturated carbocycles. The molecule has 0 aromatic heterocycles. The average Bonchev–Trinajstić information content (AvgIpc) is 3.30. The van der Waals surface area contributed by atoms with E-state index >= 15 is 0 Å². The molecule has 0 heterocycles. The van der Waals surface area contributed by atoms with E-state index in [9.17, 15) is 9.59 Å². The molecule has 1 fully saturated rings. The molecule has 0 aliphatic heterocycles. The molecule has 0 bridgehead atoms. The lowest BCUT2D eigenvalue weighted by atomic mass is 10.2. The minimum Gasteiger partial charge on any atom is -0.325 e. The van der Waals surface area contributed by atoms with E-state index < -0.39 is 0 Å². The molecular formula is C15H17Cl2N3O2. The van der Waals surface area contributed by atoms with Gasteiger partial charge in [0.15, 0.2) is 0 Å². The normalized spacial score (nSPS) is 14.6. The first-order valence-electron chi connectivity index (χ1n) is 7.03. The molecule has 0 atom stereocenters. The summed E-state index contributed by atoms with van der Waals surface area (Å²) in [6.07, 6.45) is 2.40. The van der Waals surface area contributed by atoms with Gasteiger partial charge in [0, 0.05) is 23.6 Å². The Hall–Kier alpha value is -1.59. The first-order valence-corrected chi connectivity index (χ1v) is 7.79. The van der Waals surface area contributed by atoms with Crippen LogP contribution in [-0.2, 0) is 9.59 Å². The van der Waals surface area contributed by atoms with E-state index in [0.29, 0.717) is 21.7 Å². The molecule has 1 aromatic rings. The zero-order valence-electron chi connectivity index (χ0n) is 12.2. The van der Waals surface area contributed by atoms with Crippen LogP contribution in [0.15, 0.2) is 23.3 Å². The van der Waals surface area contributed by atoms with Crippen molar-refractivity contribution < 1.29 is 9.59 Å². The number of hydrogen-bond acceptors (Lipinski definition) is 3. The number of carbonyl (C=O) groups is 2. The minimum atomic E-state index is -0.290. The van der Waals surface area contributed by atoms with Gasteiger partial charge in [0.05, 0.1) is 10.7 Å². The van der Waals surface area contributed by atoms with E-state index in [1.807, 2.05) is 6.92 Å². The van der Waals surface area contributed by atoms with E-state index in [4.69, 9.17) is 23.2 Å². The molecule has 0 radical (unpaired) electrons. The van der Waals surface area contributed by atoms with Gasteiger partial charge in [-0.15, -0.1) is 0 Å². The number of amides is 2. The molecule has 22 heavy (non-hydrogen) atoms. The maximum Gasteiger partial charge on any atom is 0.240 e. The molecule has 0 unspecified atom stereocenters. The van der Waals surface area contributed by atoms with E-state index in [1.165, 1.54) is 0 Å². The molecule has 2 amide bonds. The first-order chi connectivity index (χ1) is 10.5. The fourth-order valence-corrected chi connectivity index (χ4v) is 2.29. The lowest BCUT2D eigenvalue weighted by Gasteiger charge is -2.07. The molecular weight excluding hydrogens is 325 g/mol. The lowest BCUT2D eigenvalue weighted by Crippen LogP contribution is -2.22. The van der Waals surface area contributed by atoms with Gasteiger partial charge >= 0.3 is 0 Å². The number of rotatable bonds is 6. The van der Waals surface area contributed by atoms with Gasteiger partial charge < -0.3 is 5.32 Å². The van der Waals surface area contributed by atoms with Crippen molar-refractivity contribution in [1.29, 1.82) is 0 Å². The Morgan fingerprint density at radius 1 is 1.23 bits per heavy atom. The summed E-state index contributed by atoms with van der Waals surface area (Å²) in [6, 6.07) is 4.79. The second-order valence-corrected chi connectivity index (χ2v) is 6.08. The van der Waals surface area contributed by atoms with Gasteiger partial charge in [-0.1, -0.05) is 23.2 Å². The van der Waals surface area contributed by atoms with E-state index in [-0.39, 0.29) is 24.7 Å². The number of hydrazone groups is 1. The van der Waals surface area contributed by atoms with Gasteiger partial charge in [-0.05, 0) is 43.9 Å². The van der Waals surface area contributed by atoms with E-state index in [2.05, 4.69) is 15.8 Å². The van der Waals surface area contributed by atoms with Crippen molar-refractivity contribution in [3.8, 4) is 0 Å². The van der Waals surface area contributed by atoms with Gasteiger partial charge in [0.25, 0.3) is 0 Å². The monoisotopic (exact) mass is 341 g/mol. The molecule has 5 nitrogen and oxygen atoms in total. The molecule has 0 saturated heterocycles. The van der Waals surface area contributed by atoms with Gasteiger partial charge in [0.2, 0.25) is 11.8 Å². The smallest absolute Gasteiger partial charge is 0.240 e. The van der Waals surface area contributed by atoms with E-state index in [1.54, 1.807) is 18.2 Å². The summed E-state index contributed by atoms with van der Waals surface area (Å²) >= 11 is 11.7. The molecule has 2 rings (SSSR count). The maximum absolute atomic E-state index is 11.8. The number of nitrogens with zero attached hydrogens (tertiary/aromatic N) is 1. The van der Waals surface area contributed by atoms with Crippen molar-refractivity contribution in [2.45, 2.75) is 32.6 Å². The first kappa shape index (κ1) is 16.8. The Morgan fingerprint density at radius 2 is 1.91 bits per heavy atom. The number of benzene rings is 1. The topological polar surface area (TPSA) is 70.6 Å². The number of hydrogen-bond donors (Lipinski definition) is 2. The Kier molecular flexibility index (Phi) is 5.80. The van der Waals surface area contributed by atoms with Crippen LogP contribution in [0.25, 0.3) is 0 Å². The molecule has 2 N–H and O–H groups in total. The van der Waals surface area contributed by atoms with Crippen molar-refractivity contribution in [3.05, 3.63) is 28.2 Å². The van der Waals surface area contributed by atoms with Crippen LogP contribution in [0.4, 0.5) is 5.69 Å². The van der Waals surface area contributed by atoms with Crippen LogP contribution in [0.1, 0.15) is 32.6 Å². The third kappa shape index (κ3) is 5.31. The standard InChI is InChI=1S/C15H17Cl2N3O2/c1-9(10-2-3-10)19-20-15(22)7-6-14(21)18-13-5-4-11(16)8-12(13)17/h4-5,8,10H,2-3,6-7H2,1H3,(H,18,21)(H,20,22). The van der Waals surface area contributed by atoms with Crippen LogP contribution in [-0.4, -0.2) is 17.5 Å². The van der Waals surface area contributed by atoms with Crippen LogP contribution < -0.4 is 10.7 Å². The van der Waals surface area contributed by atoms with E-state index in [0.717, 1.165) is 18.6 Å². The zero-order chi connectivity index (χ0) is 16.1. The van der Waals surface area contributed by atoms with Crippen molar-refractivity contribution in [2.24, 2.45) is 11.0 Å². The maximum atomic E-state index is 11.8. The average molecular weight is 342 g/mol. The summed E-state index contributed by atoms with van der Waals surface area (Å²) in [5.74, 6) is -0.0599. The third-order valence-electron chi connectivity index (χ3n) is 3.31. The predicted molar refractivity (Wildman–Crippen MR) is 88.3 cm³/mol. The highest BCUT2D eigenvalue weighted by Crippen LogP contribution is 2.30. The summed E-state index contributed by atoms with van der Waals surface area (Å²) in [5.41, 5.74) is 3.87. The third-order valence-corrected chi connectivity index (χ3v) is 3.86. The molecule has 0 spiro atoms. The number of carbonyl (C=O) groups excluding carboxylic acids is 2. The second kappa shape index (κ2) is 7.61. The number of anilines is 1. The van der Waals surface area contributed by atoms with Crippen molar-refractivity contribution in [2.75, 3.05) is 5.32 Å². The Labute approximate surface area is 139 Å². The van der Waals surface area contributed by atoms with Crippen LogP contribution in [0.3, 0.4) is 0 Å². The van der Waals surface area contributed by atoms with Gasteiger partial charge in [-0.3, -0.25) is 9.59 Å². The summed E-state index contributed by atoms with van der Waals surface area (Å²) in [7, 11) is 0. The molecule has 1 aliphatic rings. The highest BCUT2D eigenvalue weighted by molar-refractivity contribution is 6.36. The predicted octanol–water partition coefficient (Wildman–Crippen LogP) is 3.61. The summed E-state index contributed by atoms with van der Waals surface area (Å²) in [5, 5.41) is 7.51. The minimum absolute atomic E-state index is 0.0583.